The second kappa shape index (κ2) is 11.8. The zero-order valence-electron chi connectivity index (χ0n) is 18.5. The van der Waals surface area contributed by atoms with E-state index < -0.39 is 6.04 Å². The van der Waals surface area contributed by atoms with Crippen LogP contribution in [0.15, 0.2) is 42.5 Å². The number of nitrogens with one attached hydrogen (secondary N) is 1. The Hall–Kier alpha value is -2.33. The van der Waals surface area contributed by atoms with Crippen LogP contribution in [-0.2, 0) is 22.6 Å². The van der Waals surface area contributed by atoms with E-state index in [0.29, 0.717) is 24.5 Å². The number of rotatable bonds is 10. The summed E-state index contributed by atoms with van der Waals surface area (Å²) in [6.45, 7) is 9.14. The molecule has 5 heteroatoms. The first-order chi connectivity index (χ1) is 14.3. The Morgan fingerprint density at radius 3 is 2.27 bits per heavy atom. The molecule has 0 radical (unpaired) electrons. The minimum atomic E-state index is -0.503. The van der Waals surface area contributed by atoms with Crippen molar-refractivity contribution in [2.75, 3.05) is 6.54 Å². The van der Waals surface area contributed by atoms with Gasteiger partial charge in [-0.15, -0.1) is 0 Å². The third-order valence-corrected chi connectivity index (χ3v) is 5.66. The minimum absolute atomic E-state index is 0.0503. The summed E-state index contributed by atoms with van der Waals surface area (Å²) >= 11 is 6.01. The molecule has 2 rings (SSSR count). The highest BCUT2D eigenvalue weighted by Gasteiger charge is 2.28. The van der Waals surface area contributed by atoms with E-state index >= 15 is 0 Å². The van der Waals surface area contributed by atoms with Crippen LogP contribution in [-0.4, -0.2) is 29.3 Å². The summed E-state index contributed by atoms with van der Waals surface area (Å²) in [6, 6.07) is 13.0. The van der Waals surface area contributed by atoms with Crippen LogP contribution in [0.25, 0.3) is 0 Å². The molecule has 0 aliphatic rings. The van der Waals surface area contributed by atoms with Gasteiger partial charge < -0.3 is 10.2 Å². The first kappa shape index (κ1) is 23.9. The van der Waals surface area contributed by atoms with E-state index in [1.807, 2.05) is 50.2 Å². The van der Waals surface area contributed by atoms with Gasteiger partial charge in [-0.05, 0) is 61.1 Å². The van der Waals surface area contributed by atoms with Gasteiger partial charge >= 0.3 is 0 Å². The Kier molecular flexibility index (Phi) is 9.38. The average molecular weight is 429 g/mol. The maximum atomic E-state index is 13.3. The van der Waals surface area contributed by atoms with Crippen LogP contribution in [0.2, 0.25) is 5.02 Å². The molecule has 0 bridgehead atoms. The molecule has 0 saturated heterocycles. The molecule has 2 aromatic carbocycles. The third-order valence-electron chi connectivity index (χ3n) is 5.41. The molecule has 2 aromatic rings. The molecule has 0 aromatic heterocycles. The molecular weight excluding hydrogens is 396 g/mol. The summed E-state index contributed by atoms with van der Waals surface area (Å²) < 4.78 is 0. The first-order valence-corrected chi connectivity index (χ1v) is 11.1. The Balaban J connectivity index is 2.25. The summed E-state index contributed by atoms with van der Waals surface area (Å²) in [5, 5.41) is 3.64. The lowest BCUT2D eigenvalue weighted by Crippen LogP contribution is -2.49. The highest BCUT2D eigenvalue weighted by molar-refractivity contribution is 6.30. The highest BCUT2D eigenvalue weighted by atomic mass is 35.5. The number of carbonyl (C=O) groups excluding carboxylic acids is 2. The molecule has 0 saturated carbocycles. The van der Waals surface area contributed by atoms with Crippen LogP contribution in [0.4, 0.5) is 0 Å². The zero-order chi connectivity index (χ0) is 22.1. The van der Waals surface area contributed by atoms with Crippen LogP contribution in [0.1, 0.15) is 55.4 Å². The summed E-state index contributed by atoms with van der Waals surface area (Å²) in [4.78, 5) is 27.9. The van der Waals surface area contributed by atoms with Gasteiger partial charge in [0.2, 0.25) is 11.8 Å². The van der Waals surface area contributed by atoms with Crippen LogP contribution < -0.4 is 5.32 Å². The quantitative estimate of drug-likeness (QED) is 0.527. The number of unbranched alkanes of at least 4 members (excludes halogenated alkanes) is 1. The van der Waals surface area contributed by atoms with E-state index in [1.165, 1.54) is 5.56 Å². The van der Waals surface area contributed by atoms with E-state index in [4.69, 9.17) is 11.6 Å². The molecule has 0 aliphatic heterocycles. The molecule has 0 unspecified atom stereocenters. The van der Waals surface area contributed by atoms with Crippen molar-refractivity contribution in [3.05, 3.63) is 69.7 Å². The van der Waals surface area contributed by atoms with Gasteiger partial charge in [-0.25, -0.2) is 0 Å². The van der Waals surface area contributed by atoms with E-state index in [1.54, 1.807) is 4.90 Å². The zero-order valence-corrected chi connectivity index (χ0v) is 19.3. The number of amides is 2. The Morgan fingerprint density at radius 1 is 1.00 bits per heavy atom. The fourth-order valence-electron chi connectivity index (χ4n) is 3.40. The van der Waals surface area contributed by atoms with Crippen LogP contribution >= 0.6 is 11.6 Å². The largest absolute Gasteiger partial charge is 0.354 e. The van der Waals surface area contributed by atoms with Crippen molar-refractivity contribution >= 4 is 23.4 Å². The standard InChI is InChI=1S/C25H33ClN2O2/c1-5-7-14-27-25(30)23(6-2)28(17-20-10-12-22(26)13-11-20)24(29)16-21-9-8-18(3)19(4)15-21/h8-13,15,23H,5-7,14,16-17H2,1-4H3,(H,27,30)/t23-/m1/s1. The smallest absolute Gasteiger partial charge is 0.242 e. The highest BCUT2D eigenvalue weighted by Crippen LogP contribution is 2.18. The Morgan fingerprint density at radius 2 is 1.67 bits per heavy atom. The molecule has 0 aliphatic carbocycles. The summed E-state index contributed by atoms with van der Waals surface area (Å²) in [5.41, 5.74) is 4.28. The first-order valence-electron chi connectivity index (χ1n) is 10.7. The van der Waals surface area contributed by atoms with Gasteiger partial charge in [0.15, 0.2) is 0 Å². The fraction of sp³-hybridized carbons (Fsp3) is 0.440. The predicted molar refractivity (Wildman–Crippen MR) is 124 cm³/mol. The van der Waals surface area contributed by atoms with E-state index in [0.717, 1.165) is 29.5 Å². The molecule has 0 heterocycles. The summed E-state index contributed by atoms with van der Waals surface area (Å²) in [6.07, 6.45) is 2.77. The van der Waals surface area contributed by atoms with Crippen molar-refractivity contribution in [1.82, 2.24) is 10.2 Å². The monoisotopic (exact) mass is 428 g/mol. The summed E-state index contributed by atoms with van der Waals surface area (Å²) in [7, 11) is 0. The molecule has 162 valence electrons. The topological polar surface area (TPSA) is 49.4 Å². The van der Waals surface area contributed by atoms with Crippen molar-refractivity contribution in [3.8, 4) is 0 Å². The SMILES string of the molecule is CCCCNC(=O)[C@@H](CC)N(Cc1ccc(Cl)cc1)C(=O)Cc1ccc(C)c(C)c1. The van der Waals surface area contributed by atoms with Gasteiger partial charge in [0, 0.05) is 18.1 Å². The van der Waals surface area contributed by atoms with Crippen LogP contribution in [0.5, 0.6) is 0 Å². The lowest BCUT2D eigenvalue weighted by molar-refractivity contribution is -0.140. The van der Waals surface area contributed by atoms with Gasteiger partial charge in [-0.1, -0.05) is 62.2 Å². The number of benzene rings is 2. The molecule has 2 amide bonds. The van der Waals surface area contributed by atoms with Gasteiger partial charge in [-0.2, -0.15) is 0 Å². The van der Waals surface area contributed by atoms with Crippen LogP contribution in [0.3, 0.4) is 0 Å². The van der Waals surface area contributed by atoms with Gasteiger partial charge in [0.05, 0.1) is 6.42 Å². The van der Waals surface area contributed by atoms with E-state index in [-0.39, 0.29) is 18.2 Å². The Labute approximate surface area is 185 Å². The maximum absolute atomic E-state index is 13.3. The molecular formula is C25H33ClN2O2. The number of carbonyl (C=O) groups is 2. The van der Waals surface area contributed by atoms with Crippen molar-refractivity contribution < 1.29 is 9.59 Å². The molecule has 4 nitrogen and oxygen atoms in total. The Bertz CT molecular complexity index is 849. The maximum Gasteiger partial charge on any atom is 0.242 e. The molecule has 0 spiro atoms. The summed E-state index contributed by atoms with van der Waals surface area (Å²) in [5.74, 6) is -0.140. The van der Waals surface area contributed by atoms with Crippen molar-refractivity contribution in [2.45, 2.75) is 66.0 Å². The molecule has 1 N–H and O–H groups in total. The third kappa shape index (κ3) is 6.88. The number of nitrogens with zero attached hydrogens (tertiary/aromatic N) is 1. The predicted octanol–water partition coefficient (Wildman–Crippen LogP) is 5.22. The van der Waals surface area contributed by atoms with Gasteiger partial charge in [0.25, 0.3) is 0 Å². The second-order valence-corrected chi connectivity index (χ2v) is 8.25. The number of hydrogen-bond acceptors (Lipinski definition) is 2. The number of aryl methyl sites for hydroxylation is 2. The second-order valence-electron chi connectivity index (χ2n) is 7.81. The normalized spacial score (nSPS) is 11.8. The van der Waals surface area contributed by atoms with Crippen molar-refractivity contribution in [2.24, 2.45) is 0 Å². The minimum Gasteiger partial charge on any atom is -0.354 e. The lowest BCUT2D eigenvalue weighted by Gasteiger charge is -2.31. The lowest BCUT2D eigenvalue weighted by atomic mass is 10.0. The molecule has 1 atom stereocenters. The number of halogens is 1. The van der Waals surface area contributed by atoms with Crippen molar-refractivity contribution in [1.29, 1.82) is 0 Å². The molecule has 0 fully saturated rings. The fourth-order valence-corrected chi connectivity index (χ4v) is 3.53. The van der Waals surface area contributed by atoms with Gasteiger partial charge in [-0.3, -0.25) is 9.59 Å². The number of hydrogen-bond donors (Lipinski definition) is 1. The molecule has 30 heavy (non-hydrogen) atoms. The van der Waals surface area contributed by atoms with E-state index in [2.05, 4.69) is 25.2 Å². The van der Waals surface area contributed by atoms with Crippen LogP contribution in [0, 0.1) is 13.8 Å². The average Bonchev–Trinajstić information content (AvgIpc) is 2.72. The van der Waals surface area contributed by atoms with Gasteiger partial charge in [0.1, 0.15) is 6.04 Å². The van der Waals surface area contributed by atoms with Crippen molar-refractivity contribution in [3.63, 3.8) is 0 Å². The van der Waals surface area contributed by atoms with E-state index in [9.17, 15) is 9.59 Å².